The molecule has 2 bridgehead atoms. The van der Waals surface area contributed by atoms with Crippen LogP contribution in [0.2, 0.25) is 0 Å². The quantitative estimate of drug-likeness (QED) is 0.320. The first-order chi connectivity index (χ1) is 20.7. The van der Waals surface area contributed by atoms with Gasteiger partial charge in [-0.1, -0.05) is 69.7 Å². The van der Waals surface area contributed by atoms with Crippen LogP contribution in [-0.2, 0) is 28.5 Å². The van der Waals surface area contributed by atoms with Gasteiger partial charge in [0, 0.05) is 18.8 Å². The van der Waals surface area contributed by atoms with E-state index in [1.807, 2.05) is 19.9 Å². The number of rotatable bonds is 2. The van der Waals surface area contributed by atoms with Crippen LogP contribution in [0.1, 0.15) is 80.6 Å². The number of aliphatic hydroxyl groups excluding tert-OH is 1. The second-order valence-corrected chi connectivity index (χ2v) is 14.2. The van der Waals surface area contributed by atoms with Gasteiger partial charge in [0.1, 0.15) is 35.6 Å². The Morgan fingerprint density at radius 1 is 1.14 bits per heavy atom. The number of ketones is 1. The number of carbonyl (C=O) groups is 2. The average Bonchev–Trinajstić information content (AvgIpc) is 3.27. The van der Waals surface area contributed by atoms with E-state index in [2.05, 4.69) is 45.9 Å². The molecule has 0 aromatic rings. The minimum Gasteiger partial charge on any atom is -0.462 e. The van der Waals surface area contributed by atoms with Gasteiger partial charge in [0.15, 0.2) is 5.79 Å². The van der Waals surface area contributed by atoms with Crippen molar-refractivity contribution in [1.82, 2.24) is 0 Å². The predicted octanol–water partition coefficient (Wildman–Crippen LogP) is 5.30. The summed E-state index contributed by atoms with van der Waals surface area (Å²) in [4.78, 5) is 27.5. The molecule has 8 nitrogen and oxygen atoms in total. The lowest BCUT2D eigenvalue weighted by Crippen LogP contribution is -2.59. The maximum Gasteiger partial charge on any atom is 0.316 e. The minimum absolute atomic E-state index is 0.0628. The summed E-state index contributed by atoms with van der Waals surface area (Å²) >= 11 is 0. The van der Waals surface area contributed by atoms with Crippen molar-refractivity contribution in [2.75, 3.05) is 6.61 Å². The Kier molecular flexibility index (Phi) is 9.60. The summed E-state index contributed by atoms with van der Waals surface area (Å²) in [6, 6.07) is 0. The summed E-state index contributed by atoms with van der Waals surface area (Å²) in [6.45, 7) is 14.1. The van der Waals surface area contributed by atoms with Crippen LogP contribution in [0.3, 0.4) is 0 Å². The van der Waals surface area contributed by atoms with Gasteiger partial charge in [0.25, 0.3) is 0 Å². The highest BCUT2D eigenvalue weighted by molar-refractivity contribution is 5.83. The van der Waals surface area contributed by atoms with Crippen LogP contribution < -0.4 is 0 Å². The Hall–Kier alpha value is -2.36. The van der Waals surface area contributed by atoms with E-state index in [1.54, 1.807) is 19.1 Å². The molecular weight excluding hydrogens is 560 g/mol. The molecule has 3 fully saturated rings. The Morgan fingerprint density at radius 2 is 1.89 bits per heavy atom. The third-order valence-electron chi connectivity index (χ3n) is 9.91. The molecule has 1 spiro atoms. The number of Topliss-reactive ketones (excluding diaryl/α,β-unsaturated/α-hetero) is 1. The number of fused-ring (bicyclic) bond motifs is 2. The third kappa shape index (κ3) is 6.47. The maximum atomic E-state index is 14.0. The number of esters is 1. The lowest BCUT2D eigenvalue weighted by Gasteiger charge is -2.49. The summed E-state index contributed by atoms with van der Waals surface area (Å²) in [5.41, 5.74) is 1.52. The first kappa shape index (κ1) is 33.0. The van der Waals surface area contributed by atoms with Crippen molar-refractivity contribution in [3.05, 3.63) is 58.7 Å². The van der Waals surface area contributed by atoms with Crippen molar-refractivity contribution >= 4 is 11.8 Å². The summed E-state index contributed by atoms with van der Waals surface area (Å²) in [7, 11) is 0. The van der Waals surface area contributed by atoms with Crippen LogP contribution in [0.25, 0.3) is 0 Å². The van der Waals surface area contributed by atoms with E-state index in [9.17, 15) is 19.8 Å². The summed E-state index contributed by atoms with van der Waals surface area (Å²) in [6.07, 6.45) is 10.4. The van der Waals surface area contributed by atoms with Crippen molar-refractivity contribution in [1.29, 1.82) is 0 Å². The van der Waals surface area contributed by atoms with Crippen molar-refractivity contribution in [2.45, 2.75) is 122 Å². The van der Waals surface area contributed by atoms with E-state index in [0.717, 1.165) is 12.0 Å². The lowest BCUT2D eigenvalue weighted by molar-refractivity contribution is -0.319. The van der Waals surface area contributed by atoms with Crippen LogP contribution >= 0.6 is 0 Å². The van der Waals surface area contributed by atoms with Crippen LogP contribution in [0.5, 0.6) is 0 Å². The molecule has 0 amide bonds. The van der Waals surface area contributed by atoms with Crippen LogP contribution in [0.15, 0.2) is 58.7 Å². The summed E-state index contributed by atoms with van der Waals surface area (Å²) < 4.78 is 25.5. The van der Waals surface area contributed by atoms with Gasteiger partial charge in [0.05, 0.1) is 25.2 Å². The van der Waals surface area contributed by atoms with Crippen LogP contribution in [0.4, 0.5) is 0 Å². The van der Waals surface area contributed by atoms with E-state index >= 15 is 0 Å². The highest BCUT2D eigenvalue weighted by Crippen LogP contribution is 2.47. The molecule has 10 atom stereocenters. The van der Waals surface area contributed by atoms with E-state index in [1.165, 1.54) is 5.57 Å². The topological polar surface area (TPSA) is 112 Å². The Bertz CT molecular complexity index is 1290. The van der Waals surface area contributed by atoms with Gasteiger partial charge in [-0.25, -0.2) is 0 Å². The van der Waals surface area contributed by atoms with Gasteiger partial charge in [-0.15, -0.1) is 0 Å². The first-order valence-electron chi connectivity index (χ1n) is 16.2. The summed E-state index contributed by atoms with van der Waals surface area (Å²) in [5.74, 6) is -2.63. The monoisotopic (exact) mass is 610 g/mol. The van der Waals surface area contributed by atoms with E-state index in [-0.39, 0.29) is 43.2 Å². The minimum atomic E-state index is -1.75. The SMILES string of the molecule is CC1=CC[C@@H]2C[C@@H](C[C@]3(CC(=O)[C@H](C)[C@@H](/C(C)=C/C(C)C)O3)O2)OC(=O)[C@@H]2C=C(C)[C@@H](O)[C@H]3OCC(=CC=C[C@H](C)C1)[C@]32O. The molecule has 8 heteroatoms. The smallest absolute Gasteiger partial charge is 0.316 e. The van der Waals surface area contributed by atoms with Gasteiger partial charge < -0.3 is 29.2 Å². The zero-order chi connectivity index (χ0) is 32.0. The highest BCUT2D eigenvalue weighted by atomic mass is 16.7. The second kappa shape index (κ2) is 12.8. The fraction of sp³-hybridized carbons (Fsp3) is 0.667. The van der Waals surface area contributed by atoms with Gasteiger partial charge in [-0.05, 0) is 62.2 Å². The summed E-state index contributed by atoms with van der Waals surface area (Å²) in [5, 5.41) is 23.0. The predicted molar refractivity (Wildman–Crippen MR) is 166 cm³/mol. The molecule has 0 aromatic heterocycles. The molecule has 2 N–H and O–H groups in total. The third-order valence-corrected chi connectivity index (χ3v) is 9.91. The standard InChI is InChI=1S/C36H50O8/c1-20(2)13-24(6)32-25(7)30(37)18-35(44-32)17-28-16-27(43-35)12-11-22(4)14-21(3)9-8-10-26-19-41-33-31(38)23(5)15-29(34(39)42-28)36(26,33)40/h8-11,13,15,20-21,25,27-29,31-33,38,40H,12,14,16-19H2,1-7H3/b9-8?,22-11?,24-13+,26-10?/t21-,25-,27+,28-,29-,31+,32+,33+,35-,36+/m0/s1. The molecule has 0 saturated carbocycles. The van der Waals surface area contributed by atoms with E-state index < -0.39 is 47.7 Å². The van der Waals surface area contributed by atoms with Crippen molar-refractivity contribution in [3.8, 4) is 0 Å². The van der Waals surface area contributed by atoms with Gasteiger partial charge >= 0.3 is 5.97 Å². The zero-order valence-electron chi connectivity index (χ0n) is 27.2. The normalized spacial score (nSPS) is 42.0. The Balaban J connectivity index is 1.53. The lowest BCUT2D eigenvalue weighted by atomic mass is 9.71. The molecule has 242 valence electrons. The van der Waals surface area contributed by atoms with Crippen LogP contribution in [0, 0.1) is 23.7 Å². The largest absolute Gasteiger partial charge is 0.462 e. The van der Waals surface area contributed by atoms with Crippen molar-refractivity contribution in [2.24, 2.45) is 23.7 Å². The zero-order valence-corrected chi connectivity index (χ0v) is 27.2. The average molecular weight is 611 g/mol. The molecule has 44 heavy (non-hydrogen) atoms. The molecule has 5 rings (SSSR count). The van der Waals surface area contributed by atoms with Gasteiger partial charge in [-0.2, -0.15) is 0 Å². The molecule has 0 radical (unpaired) electrons. The fourth-order valence-electron chi connectivity index (χ4n) is 7.69. The molecule has 5 aliphatic rings. The first-order valence-corrected chi connectivity index (χ1v) is 16.2. The maximum absolute atomic E-state index is 14.0. The molecule has 0 unspecified atom stereocenters. The molecule has 0 aromatic carbocycles. The molecule has 4 aliphatic heterocycles. The number of carbonyl (C=O) groups excluding carboxylic acids is 2. The number of hydrogen-bond donors (Lipinski definition) is 2. The molecular formula is C36H50O8. The van der Waals surface area contributed by atoms with E-state index in [0.29, 0.717) is 29.9 Å². The van der Waals surface area contributed by atoms with E-state index in [4.69, 9.17) is 18.9 Å². The van der Waals surface area contributed by atoms with Crippen molar-refractivity contribution in [3.63, 3.8) is 0 Å². The highest BCUT2D eigenvalue weighted by Gasteiger charge is 2.60. The van der Waals surface area contributed by atoms with Crippen molar-refractivity contribution < 1.29 is 38.7 Å². The van der Waals surface area contributed by atoms with Gasteiger partial charge in [-0.3, -0.25) is 9.59 Å². The second-order valence-electron chi connectivity index (χ2n) is 14.2. The fourth-order valence-corrected chi connectivity index (χ4v) is 7.69. The van der Waals surface area contributed by atoms with Gasteiger partial charge in [0.2, 0.25) is 0 Å². The molecule has 1 aliphatic carbocycles. The number of aliphatic hydroxyl groups is 2. The Labute approximate surface area is 261 Å². The molecule has 4 heterocycles. The number of hydrogen-bond acceptors (Lipinski definition) is 8. The Morgan fingerprint density at radius 3 is 2.61 bits per heavy atom. The number of ether oxygens (including phenoxy) is 4. The molecule has 3 saturated heterocycles. The van der Waals surface area contributed by atoms with Crippen LogP contribution in [-0.4, -0.2) is 70.5 Å². The number of allylic oxidation sites excluding steroid dienone is 5.